The van der Waals surface area contributed by atoms with Crippen molar-refractivity contribution < 1.29 is 12.8 Å². The molecule has 7 nitrogen and oxygen atoms in total. The number of hydrogen-bond acceptors (Lipinski definition) is 6. The lowest BCUT2D eigenvalue weighted by atomic mass is 10.1. The van der Waals surface area contributed by atoms with Crippen LogP contribution in [0.15, 0.2) is 58.0 Å². The van der Waals surface area contributed by atoms with Crippen LogP contribution >= 0.6 is 22.6 Å². The summed E-state index contributed by atoms with van der Waals surface area (Å²) >= 11 is 2.14. The van der Waals surface area contributed by atoms with Gasteiger partial charge in [0.05, 0.1) is 10.4 Å². The quantitative estimate of drug-likeness (QED) is 0.367. The van der Waals surface area contributed by atoms with Gasteiger partial charge in [-0.05, 0) is 80.6 Å². The Kier molecular flexibility index (Phi) is 5.13. The third-order valence-corrected chi connectivity index (χ3v) is 7.00. The Morgan fingerprint density at radius 1 is 1.07 bits per heavy atom. The van der Waals surface area contributed by atoms with Crippen molar-refractivity contribution in [2.24, 2.45) is 0 Å². The maximum absolute atomic E-state index is 13.2. The van der Waals surface area contributed by atoms with Crippen LogP contribution in [0.25, 0.3) is 22.4 Å². The molecule has 30 heavy (non-hydrogen) atoms. The van der Waals surface area contributed by atoms with Gasteiger partial charge in [-0.25, -0.2) is 12.4 Å². The Balaban J connectivity index is 1.76. The fourth-order valence-electron chi connectivity index (χ4n) is 3.03. The molecule has 0 bridgehead atoms. The zero-order valence-electron chi connectivity index (χ0n) is 17.0. The number of rotatable bonds is 4. The van der Waals surface area contributed by atoms with Gasteiger partial charge in [-0.1, -0.05) is 22.8 Å². The number of nitrogens with one attached hydrogen (secondary N) is 1. The van der Waals surface area contributed by atoms with Crippen LogP contribution in [-0.4, -0.2) is 28.1 Å². The number of fused-ring (bicyclic) bond motifs is 1. The molecule has 1 N–H and O–H groups in total. The predicted octanol–water partition coefficient (Wildman–Crippen LogP) is 5.05. The number of aryl methyl sites for hydroxylation is 1. The number of nitrogens with zero attached hydrogens (tertiary/aromatic N) is 3. The zero-order valence-corrected chi connectivity index (χ0v) is 19.9. The molecule has 0 fully saturated rings. The van der Waals surface area contributed by atoms with Crippen molar-refractivity contribution in [3.63, 3.8) is 0 Å². The molecule has 0 saturated carbocycles. The van der Waals surface area contributed by atoms with E-state index in [1.807, 2.05) is 33.8 Å². The average molecular weight is 536 g/mol. The molecule has 0 aliphatic heterocycles. The van der Waals surface area contributed by atoms with Gasteiger partial charge in [-0.2, -0.15) is 0 Å². The van der Waals surface area contributed by atoms with Gasteiger partial charge in [-0.15, -0.1) is 5.10 Å². The second kappa shape index (κ2) is 7.38. The summed E-state index contributed by atoms with van der Waals surface area (Å²) in [5.41, 5.74) is 2.12. The molecule has 9 heteroatoms. The van der Waals surface area contributed by atoms with E-state index in [-0.39, 0.29) is 10.4 Å². The summed E-state index contributed by atoms with van der Waals surface area (Å²) in [6.45, 7) is 7.93. The monoisotopic (exact) mass is 536 g/mol. The predicted molar refractivity (Wildman–Crippen MR) is 125 cm³/mol. The van der Waals surface area contributed by atoms with E-state index in [1.165, 1.54) is 3.97 Å². The Bertz CT molecular complexity index is 1330. The fourth-order valence-corrected chi connectivity index (χ4v) is 5.30. The van der Waals surface area contributed by atoms with Gasteiger partial charge in [0.25, 0.3) is 10.0 Å². The van der Waals surface area contributed by atoms with Crippen molar-refractivity contribution in [2.45, 2.75) is 38.1 Å². The van der Waals surface area contributed by atoms with E-state index < -0.39 is 10.0 Å². The van der Waals surface area contributed by atoms with E-state index in [0.29, 0.717) is 17.4 Å². The first kappa shape index (κ1) is 20.9. The Morgan fingerprint density at radius 2 is 1.77 bits per heavy atom. The maximum Gasteiger partial charge on any atom is 0.316 e. The Morgan fingerprint density at radius 3 is 2.43 bits per heavy atom. The van der Waals surface area contributed by atoms with E-state index in [9.17, 15) is 8.42 Å². The SMILES string of the molecule is Cc1ccc(S(=O)(=O)n2cc(I)c3cc(-c4nnc(NC(C)(C)C)o4)ccc32)cc1. The molecule has 0 spiro atoms. The van der Waals surface area contributed by atoms with E-state index in [1.54, 1.807) is 42.6 Å². The van der Waals surface area contributed by atoms with E-state index in [0.717, 1.165) is 20.1 Å². The first-order valence-corrected chi connectivity index (χ1v) is 11.8. The first-order valence-electron chi connectivity index (χ1n) is 9.29. The molecule has 2 aromatic carbocycles. The number of hydrogen-bond donors (Lipinski definition) is 1. The first-order chi connectivity index (χ1) is 14.0. The van der Waals surface area contributed by atoms with Crippen molar-refractivity contribution in [1.82, 2.24) is 14.2 Å². The summed E-state index contributed by atoms with van der Waals surface area (Å²) in [5, 5.41) is 12.1. The molecule has 4 rings (SSSR count). The Labute approximate surface area is 188 Å². The summed E-state index contributed by atoms with van der Waals surface area (Å²) in [4.78, 5) is 0.250. The van der Waals surface area contributed by atoms with Crippen molar-refractivity contribution >= 4 is 49.5 Å². The topological polar surface area (TPSA) is 90.0 Å². The molecule has 0 aliphatic rings. The van der Waals surface area contributed by atoms with Gasteiger partial charge in [-0.3, -0.25) is 0 Å². The lowest BCUT2D eigenvalue weighted by Crippen LogP contribution is -2.26. The molecular formula is C21H21IN4O3S. The molecule has 2 heterocycles. The highest BCUT2D eigenvalue weighted by molar-refractivity contribution is 14.1. The van der Waals surface area contributed by atoms with Gasteiger partial charge in [0, 0.05) is 26.3 Å². The molecule has 0 aliphatic carbocycles. The van der Waals surface area contributed by atoms with Crippen LogP contribution in [0.1, 0.15) is 26.3 Å². The standard InChI is InChI=1S/C21H21IN4O3S/c1-13-5-8-15(9-6-13)30(27,28)26-12-17(22)16-11-14(7-10-18(16)26)19-24-25-20(29-19)23-21(2,3)4/h5-12H,1-4H3,(H,23,25). The van der Waals surface area contributed by atoms with Gasteiger partial charge in [0.2, 0.25) is 5.89 Å². The van der Waals surface area contributed by atoms with Crippen molar-refractivity contribution in [2.75, 3.05) is 5.32 Å². The summed E-state index contributed by atoms with van der Waals surface area (Å²) in [6, 6.07) is 12.6. The summed E-state index contributed by atoms with van der Waals surface area (Å²) < 4.78 is 34.2. The summed E-state index contributed by atoms with van der Waals surface area (Å²) in [6.07, 6.45) is 1.63. The molecule has 156 valence electrons. The molecular weight excluding hydrogens is 515 g/mol. The highest BCUT2D eigenvalue weighted by Crippen LogP contribution is 2.31. The minimum Gasteiger partial charge on any atom is -0.403 e. The lowest BCUT2D eigenvalue weighted by Gasteiger charge is -2.17. The van der Waals surface area contributed by atoms with Crippen molar-refractivity contribution in [3.05, 3.63) is 57.8 Å². The van der Waals surface area contributed by atoms with Crippen LogP contribution in [0, 0.1) is 10.5 Å². The second-order valence-corrected chi connectivity index (χ2v) is 11.1. The third kappa shape index (κ3) is 3.95. The minimum atomic E-state index is -3.70. The number of benzene rings is 2. The van der Waals surface area contributed by atoms with Crippen LogP contribution in [0.5, 0.6) is 0 Å². The van der Waals surface area contributed by atoms with Gasteiger partial charge in [0.1, 0.15) is 0 Å². The normalized spacial score (nSPS) is 12.4. The summed E-state index contributed by atoms with van der Waals surface area (Å²) in [5.74, 6) is 0.369. The average Bonchev–Trinajstić information content (AvgIpc) is 3.25. The lowest BCUT2D eigenvalue weighted by molar-refractivity contribution is 0.538. The van der Waals surface area contributed by atoms with E-state index in [4.69, 9.17) is 4.42 Å². The third-order valence-electron chi connectivity index (χ3n) is 4.45. The van der Waals surface area contributed by atoms with Crippen LogP contribution in [0.3, 0.4) is 0 Å². The van der Waals surface area contributed by atoms with Crippen LogP contribution in [-0.2, 0) is 10.0 Å². The number of aromatic nitrogens is 3. The van der Waals surface area contributed by atoms with E-state index in [2.05, 4.69) is 38.1 Å². The largest absolute Gasteiger partial charge is 0.403 e. The van der Waals surface area contributed by atoms with Crippen LogP contribution in [0.4, 0.5) is 6.01 Å². The molecule has 0 atom stereocenters. The van der Waals surface area contributed by atoms with Crippen molar-refractivity contribution in [3.8, 4) is 11.5 Å². The number of halogens is 1. The van der Waals surface area contributed by atoms with Crippen molar-refractivity contribution in [1.29, 1.82) is 0 Å². The van der Waals surface area contributed by atoms with Gasteiger partial charge < -0.3 is 9.73 Å². The molecule has 0 amide bonds. The van der Waals surface area contributed by atoms with Gasteiger partial charge >= 0.3 is 6.01 Å². The molecule has 0 saturated heterocycles. The molecule has 2 aromatic heterocycles. The zero-order chi connectivity index (χ0) is 21.7. The maximum atomic E-state index is 13.2. The highest BCUT2D eigenvalue weighted by atomic mass is 127. The minimum absolute atomic E-state index is 0.204. The smallest absolute Gasteiger partial charge is 0.316 e. The molecule has 4 aromatic rings. The van der Waals surface area contributed by atoms with Gasteiger partial charge in [0.15, 0.2) is 0 Å². The van der Waals surface area contributed by atoms with E-state index >= 15 is 0 Å². The second-order valence-electron chi connectivity index (χ2n) is 8.11. The highest BCUT2D eigenvalue weighted by Gasteiger charge is 2.22. The summed E-state index contributed by atoms with van der Waals surface area (Å²) in [7, 11) is -3.70. The molecule has 0 radical (unpaired) electrons. The van der Waals surface area contributed by atoms with Crippen LogP contribution in [0.2, 0.25) is 0 Å². The number of anilines is 1. The fraction of sp³-hybridized carbons (Fsp3) is 0.238. The van der Waals surface area contributed by atoms with Crippen LogP contribution < -0.4 is 5.32 Å². The Hall–Kier alpha value is -2.40. The molecule has 0 unspecified atom stereocenters.